The van der Waals surface area contributed by atoms with E-state index >= 15 is 0 Å². The highest BCUT2D eigenvalue weighted by atomic mass is 16.5. The van der Waals surface area contributed by atoms with E-state index in [1.807, 2.05) is 12.1 Å². The van der Waals surface area contributed by atoms with Crippen LogP contribution in [0.4, 0.5) is 0 Å². The number of nitrogens with one attached hydrogen (secondary N) is 1. The maximum Gasteiger partial charge on any atom is 0.251 e. The van der Waals surface area contributed by atoms with E-state index < -0.39 is 0 Å². The van der Waals surface area contributed by atoms with Crippen LogP contribution in [0.1, 0.15) is 50.9 Å². The van der Waals surface area contributed by atoms with Crippen LogP contribution in [0.5, 0.6) is 5.75 Å². The number of methoxy groups -OCH3 is 1. The monoisotopic (exact) mass is 291 g/mol. The molecule has 1 saturated heterocycles. The van der Waals surface area contributed by atoms with Crippen molar-refractivity contribution in [3.63, 3.8) is 0 Å². The Hall–Kier alpha value is -1.55. The van der Waals surface area contributed by atoms with Crippen molar-refractivity contribution in [1.29, 1.82) is 0 Å². The maximum atomic E-state index is 12.4. The third kappa shape index (κ3) is 4.21. The normalized spacial score (nSPS) is 20.8. The third-order valence-corrected chi connectivity index (χ3v) is 4.01. The van der Waals surface area contributed by atoms with Crippen molar-refractivity contribution in [2.45, 2.75) is 57.7 Å². The van der Waals surface area contributed by atoms with Crippen molar-refractivity contribution in [3.05, 3.63) is 29.8 Å². The molecule has 0 bridgehead atoms. The highest BCUT2D eigenvalue weighted by molar-refractivity contribution is 5.94. The lowest BCUT2D eigenvalue weighted by Crippen LogP contribution is -3.06. The molecule has 4 nitrogen and oxygen atoms in total. The number of hydrogen-bond donors (Lipinski definition) is 2. The summed E-state index contributed by atoms with van der Waals surface area (Å²) in [6.07, 6.45) is 1.97. The van der Waals surface area contributed by atoms with Gasteiger partial charge in [0, 0.05) is 24.4 Å². The van der Waals surface area contributed by atoms with Crippen molar-refractivity contribution in [2.75, 3.05) is 7.11 Å². The summed E-state index contributed by atoms with van der Waals surface area (Å²) in [5, 5.41) is 5.60. The molecule has 0 atom stereocenters. The molecule has 2 rings (SSSR count). The van der Waals surface area contributed by atoms with E-state index in [1.165, 1.54) is 0 Å². The summed E-state index contributed by atoms with van der Waals surface area (Å²) >= 11 is 0. The zero-order chi connectivity index (χ0) is 15.7. The molecule has 21 heavy (non-hydrogen) atoms. The second kappa shape index (κ2) is 5.68. The molecule has 1 aliphatic rings. The third-order valence-electron chi connectivity index (χ3n) is 4.01. The van der Waals surface area contributed by atoms with Crippen LogP contribution in [0.15, 0.2) is 24.3 Å². The fourth-order valence-corrected chi connectivity index (χ4v) is 3.63. The fourth-order valence-electron chi connectivity index (χ4n) is 3.63. The molecule has 0 spiro atoms. The Morgan fingerprint density at radius 3 is 2.14 bits per heavy atom. The molecule has 116 valence electrons. The topological polar surface area (TPSA) is 54.9 Å². The van der Waals surface area contributed by atoms with Gasteiger partial charge in [0.25, 0.3) is 5.91 Å². The number of quaternary nitrogens is 1. The maximum absolute atomic E-state index is 12.4. The second-order valence-corrected chi connectivity index (χ2v) is 7.43. The Balaban J connectivity index is 2.04. The van der Waals surface area contributed by atoms with E-state index in [0.29, 0.717) is 5.56 Å². The Morgan fingerprint density at radius 2 is 1.67 bits per heavy atom. The molecule has 1 aromatic rings. The molecule has 1 aliphatic heterocycles. The van der Waals surface area contributed by atoms with Gasteiger partial charge in [-0.15, -0.1) is 0 Å². The van der Waals surface area contributed by atoms with Crippen LogP contribution in [-0.4, -0.2) is 30.1 Å². The first kappa shape index (κ1) is 15.8. The minimum Gasteiger partial charge on any atom is -0.497 e. The van der Waals surface area contributed by atoms with Gasteiger partial charge in [-0.2, -0.15) is 0 Å². The van der Waals surface area contributed by atoms with Gasteiger partial charge in [-0.25, -0.2) is 0 Å². The summed E-state index contributed by atoms with van der Waals surface area (Å²) < 4.78 is 5.12. The van der Waals surface area contributed by atoms with Gasteiger partial charge in [-0.05, 0) is 52.0 Å². The van der Waals surface area contributed by atoms with E-state index in [9.17, 15) is 4.79 Å². The smallest absolute Gasteiger partial charge is 0.251 e. The van der Waals surface area contributed by atoms with Crippen molar-refractivity contribution < 1.29 is 14.8 Å². The van der Waals surface area contributed by atoms with Gasteiger partial charge in [0.1, 0.15) is 5.75 Å². The number of rotatable bonds is 3. The number of carbonyl (C=O) groups excluding carboxylic acids is 1. The molecule has 4 heteroatoms. The van der Waals surface area contributed by atoms with E-state index in [2.05, 4.69) is 38.3 Å². The average Bonchev–Trinajstić information content (AvgIpc) is 2.35. The van der Waals surface area contributed by atoms with Gasteiger partial charge >= 0.3 is 0 Å². The number of carbonyl (C=O) groups is 1. The summed E-state index contributed by atoms with van der Waals surface area (Å²) in [4.78, 5) is 12.4. The van der Waals surface area contributed by atoms with Crippen molar-refractivity contribution in [3.8, 4) is 5.75 Å². The lowest BCUT2D eigenvalue weighted by Gasteiger charge is -2.43. The molecule has 0 radical (unpaired) electrons. The van der Waals surface area contributed by atoms with E-state index in [-0.39, 0.29) is 23.0 Å². The fraction of sp³-hybridized carbons (Fsp3) is 0.588. The average molecular weight is 291 g/mol. The van der Waals surface area contributed by atoms with E-state index in [1.54, 1.807) is 19.2 Å². The van der Waals surface area contributed by atoms with Gasteiger partial charge < -0.3 is 15.4 Å². The molecule has 1 amide bonds. The largest absolute Gasteiger partial charge is 0.497 e. The predicted octanol–water partition coefficient (Wildman–Crippen LogP) is 1.71. The first-order valence-electron chi connectivity index (χ1n) is 7.53. The van der Waals surface area contributed by atoms with Crippen molar-refractivity contribution in [1.82, 2.24) is 5.32 Å². The molecule has 1 fully saturated rings. The van der Waals surface area contributed by atoms with Crippen LogP contribution in [-0.2, 0) is 0 Å². The molecule has 0 aromatic heterocycles. The quantitative estimate of drug-likeness (QED) is 0.891. The Labute approximate surface area is 127 Å². The minimum absolute atomic E-state index is 0.00356. The van der Waals surface area contributed by atoms with Crippen LogP contribution in [0.3, 0.4) is 0 Å². The number of hydrogen-bond acceptors (Lipinski definition) is 2. The van der Waals surface area contributed by atoms with Gasteiger partial charge in [0.15, 0.2) is 0 Å². The summed E-state index contributed by atoms with van der Waals surface area (Å²) in [7, 11) is 1.62. The number of piperidine rings is 1. The lowest BCUT2D eigenvalue weighted by atomic mass is 9.79. The summed E-state index contributed by atoms with van der Waals surface area (Å²) in [6.45, 7) is 8.95. The first-order chi connectivity index (χ1) is 9.71. The van der Waals surface area contributed by atoms with Crippen LogP contribution in [0.25, 0.3) is 0 Å². The molecule has 0 aliphatic carbocycles. The SMILES string of the molecule is COc1ccc(C(=O)NC2CC(C)(C)[NH2+]C(C)(C)C2)cc1. The van der Waals surface area contributed by atoms with Gasteiger partial charge in [0.2, 0.25) is 0 Å². The Morgan fingerprint density at radius 1 is 1.14 bits per heavy atom. The zero-order valence-corrected chi connectivity index (χ0v) is 13.7. The molecule has 1 heterocycles. The lowest BCUT2D eigenvalue weighted by molar-refractivity contribution is -0.787. The standard InChI is InChI=1S/C17H26N2O2/c1-16(2)10-13(11-17(3,4)19-16)18-15(20)12-6-8-14(21-5)9-7-12/h6-9,13,19H,10-11H2,1-5H3,(H,18,20)/p+1. The highest BCUT2D eigenvalue weighted by Crippen LogP contribution is 2.22. The van der Waals surface area contributed by atoms with Gasteiger partial charge in [-0.1, -0.05) is 0 Å². The van der Waals surface area contributed by atoms with Crippen LogP contribution < -0.4 is 15.4 Å². The number of amides is 1. The number of benzene rings is 1. The van der Waals surface area contributed by atoms with Crippen LogP contribution in [0.2, 0.25) is 0 Å². The highest BCUT2D eigenvalue weighted by Gasteiger charge is 2.42. The predicted molar refractivity (Wildman–Crippen MR) is 83.6 cm³/mol. The van der Waals surface area contributed by atoms with Crippen LogP contribution in [0, 0.1) is 0 Å². The molecule has 0 unspecified atom stereocenters. The first-order valence-corrected chi connectivity index (χ1v) is 7.53. The second-order valence-electron chi connectivity index (χ2n) is 7.43. The molecule has 1 aromatic carbocycles. The Bertz CT molecular complexity index is 490. The van der Waals surface area contributed by atoms with Crippen molar-refractivity contribution in [2.24, 2.45) is 0 Å². The number of ether oxygens (including phenoxy) is 1. The summed E-state index contributed by atoms with van der Waals surface area (Å²) in [5.41, 5.74) is 0.986. The van der Waals surface area contributed by atoms with E-state index in [4.69, 9.17) is 4.74 Å². The van der Waals surface area contributed by atoms with Gasteiger partial charge in [-0.3, -0.25) is 4.79 Å². The van der Waals surface area contributed by atoms with E-state index in [0.717, 1.165) is 18.6 Å². The molecular weight excluding hydrogens is 264 g/mol. The van der Waals surface area contributed by atoms with Crippen LogP contribution >= 0.6 is 0 Å². The van der Waals surface area contributed by atoms with Gasteiger partial charge in [0.05, 0.1) is 18.2 Å². The summed E-state index contributed by atoms with van der Waals surface area (Å²) in [5.74, 6) is 0.761. The Kier molecular flexibility index (Phi) is 4.28. The summed E-state index contributed by atoms with van der Waals surface area (Å²) in [6, 6.07) is 7.46. The zero-order valence-electron chi connectivity index (χ0n) is 13.7. The molecule has 3 N–H and O–H groups in total. The molecular formula is C17H27N2O2+. The molecule has 0 saturated carbocycles. The minimum atomic E-state index is -0.00356. The van der Waals surface area contributed by atoms with Crippen molar-refractivity contribution >= 4 is 5.91 Å². The number of nitrogens with two attached hydrogens (primary N) is 1.